The second kappa shape index (κ2) is 5.05. The van der Waals surface area contributed by atoms with Crippen molar-refractivity contribution >= 4 is 27.3 Å². The van der Waals surface area contributed by atoms with Crippen LogP contribution >= 0.6 is 11.3 Å². The van der Waals surface area contributed by atoms with E-state index in [1.165, 1.54) is 10.4 Å². The van der Waals surface area contributed by atoms with Crippen molar-refractivity contribution in [3.8, 4) is 0 Å². The molecule has 116 valence electrons. The lowest BCUT2D eigenvalue weighted by Gasteiger charge is -2.17. The minimum absolute atomic E-state index is 0.0137. The van der Waals surface area contributed by atoms with Crippen LogP contribution in [0.25, 0.3) is 0 Å². The van der Waals surface area contributed by atoms with Crippen molar-refractivity contribution in [2.75, 3.05) is 13.1 Å². The van der Waals surface area contributed by atoms with Gasteiger partial charge in [0.05, 0.1) is 6.10 Å². The zero-order chi connectivity index (χ0) is 15.4. The van der Waals surface area contributed by atoms with E-state index in [1.54, 1.807) is 6.92 Å². The first-order chi connectivity index (χ1) is 9.80. The van der Waals surface area contributed by atoms with Gasteiger partial charge in [-0.2, -0.15) is 4.31 Å². The van der Waals surface area contributed by atoms with Crippen LogP contribution < -0.4 is 0 Å². The maximum atomic E-state index is 12.6. The molecule has 2 N–H and O–H groups in total. The fraction of sp³-hybridized carbons (Fsp3) is 0.615. The molecular formula is C13H17NO5S2. The molecule has 0 radical (unpaired) electrons. The first kappa shape index (κ1) is 15.0. The quantitative estimate of drug-likeness (QED) is 0.866. The Balaban J connectivity index is 1.88. The summed E-state index contributed by atoms with van der Waals surface area (Å²) in [6.45, 7) is 2.35. The molecule has 1 aliphatic heterocycles. The van der Waals surface area contributed by atoms with E-state index in [-0.39, 0.29) is 20.9 Å². The second-order valence-electron chi connectivity index (χ2n) is 5.77. The van der Waals surface area contributed by atoms with Crippen molar-refractivity contribution in [1.29, 1.82) is 0 Å². The predicted octanol–water partition coefficient (Wildman–Crippen LogP) is 1.15. The molecule has 3 unspecified atom stereocenters. The van der Waals surface area contributed by atoms with Crippen LogP contribution in [0.3, 0.4) is 0 Å². The van der Waals surface area contributed by atoms with Gasteiger partial charge in [-0.05, 0) is 37.3 Å². The summed E-state index contributed by atoms with van der Waals surface area (Å²) < 4.78 is 26.7. The van der Waals surface area contributed by atoms with Gasteiger partial charge in [0.25, 0.3) is 10.0 Å². The number of aliphatic hydroxyl groups is 1. The van der Waals surface area contributed by atoms with Gasteiger partial charge >= 0.3 is 5.97 Å². The summed E-state index contributed by atoms with van der Waals surface area (Å²) in [6.07, 6.45) is 1.17. The highest BCUT2D eigenvalue weighted by Gasteiger charge is 2.46. The van der Waals surface area contributed by atoms with Gasteiger partial charge in [0.1, 0.15) is 9.09 Å². The average molecular weight is 331 g/mol. The van der Waals surface area contributed by atoms with E-state index in [1.807, 2.05) is 0 Å². The number of aliphatic hydroxyl groups excluding tert-OH is 1. The Hall–Kier alpha value is -0.960. The number of carbonyl (C=O) groups is 1. The second-order valence-corrected chi connectivity index (χ2v) is 8.99. The van der Waals surface area contributed by atoms with Crippen LogP contribution in [-0.2, 0) is 10.0 Å². The average Bonchev–Trinajstić information content (AvgIpc) is 3.05. The number of carboxylic acid groups (broad SMARTS) is 1. The van der Waals surface area contributed by atoms with Crippen LogP contribution in [0.15, 0.2) is 10.3 Å². The fourth-order valence-electron chi connectivity index (χ4n) is 3.31. The molecule has 1 aliphatic carbocycles. The third kappa shape index (κ3) is 2.40. The summed E-state index contributed by atoms with van der Waals surface area (Å²) in [5.41, 5.74) is 0.463. The topological polar surface area (TPSA) is 94.9 Å². The first-order valence-corrected chi connectivity index (χ1v) is 9.08. The van der Waals surface area contributed by atoms with Crippen molar-refractivity contribution in [3.63, 3.8) is 0 Å². The Morgan fingerprint density at radius 1 is 1.38 bits per heavy atom. The number of sulfonamides is 1. The van der Waals surface area contributed by atoms with E-state index in [9.17, 15) is 18.3 Å². The van der Waals surface area contributed by atoms with E-state index in [2.05, 4.69) is 0 Å². The Labute approximate surface area is 127 Å². The van der Waals surface area contributed by atoms with E-state index in [0.29, 0.717) is 18.7 Å². The Bertz CT molecular complexity index is 681. The number of rotatable bonds is 3. The molecule has 3 rings (SSSR count). The minimum atomic E-state index is -3.66. The summed E-state index contributed by atoms with van der Waals surface area (Å²) >= 11 is 0.799. The molecule has 3 atom stereocenters. The molecule has 21 heavy (non-hydrogen) atoms. The first-order valence-electron chi connectivity index (χ1n) is 6.82. The molecule has 0 spiro atoms. The summed E-state index contributed by atoms with van der Waals surface area (Å²) in [4.78, 5) is 11.1. The highest BCUT2D eigenvalue weighted by Crippen LogP contribution is 2.41. The number of hydrogen-bond donors (Lipinski definition) is 2. The van der Waals surface area contributed by atoms with Crippen molar-refractivity contribution in [2.24, 2.45) is 11.8 Å². The summed E-state index contributed by atoms with van der Waals surface area (Å²) in [5.74, 6) is -0.873. The molecule has 2 heterocycles. The molecule has 2 fully saturated rings. The number of hydrogen-bond acceptors (Lipinski definition) is 5. The fourth-order valence-corrected chi connectivity index (χ4v) is 6.38. The van der Waals surface area contributed by atoms with E-state index >= 15 is 0 Å². The van der Waals surface area contributed by atoms with E-state index < -0.39 is 22.1 Å². The van der Waals surface area contributed by atoms with Crippen LogP contribution in [0.2, 0.25) is 0 Å². The van der Waals surface area contributed by atoms with Crippen molar-refractivity contribution < 1.29 is 23.4 Å². The van der Waals surface area contributed by atoms with Gasteiger partial charge in [0, 0.05) is 19.0 Å². The normalized spacial score (nSPS) is 29.7. The maximum Gasteiger partial charge on any atom is 0.346 e. The molecule has 1 saturated carbocycles. The van der Waals surface area contributed by atoms with E-state index in [0.717, 1.165) is 24.2 Å². The minimum Gasteiger partial charge on any atom is -0.477 e. The van der Waals surface area contributed by atoms with Gasteiger partial charge in [0.15, 0.2) is 0 Å². The summed E-state index contributed by atoms with van der Waals surface area (Å²) in [7, 11) is -3.66. The Kier molecular flexibility index (Phi) is 3.59. The lowest BCUT2D eigenvalue weighted by atomic mass is 10.00. The van der Waals surface area contributed by atoms with Gasteiger partial charge in [-0.1, -0.05) is 0 Å². The molecule has 1 aromatic rings. The van der Waals surface area contributed by atoms with Crippen LogP contribution in [0.1, 0.15) is 28.1 Å². The van der Waals surface area contributed by atoms with Crippen LogP contribution in [0, 0.1) is 18.8 Å². The largest absolute Gasteiger partial charge is 0.477 e. The summed E-state index contributed by atoms with van der Waals surface area (Å²) in [5, 5.41) is 18.9. The highest BCUT2D eigenvalue weighted by atomic mass is 32.2. The van der Waals surface area contributed by atoms with Crippen molar-refractivity contribution in [3.05, 3.63) is 16.5 Å². The smallest absolute Gasteiger partial charge is 0.346 e. The third-order valence-electron chi connectivity index (χ3n) is 4.47. The number of nitrogens with zero attached hydrogens (tertiary/aromatic N) is 1. The van der Waals surface area contributed by atoms with Crippen molar-refractivity contribution in [1.82, 2.24) is 4.31 Å². The molecule has 0 amide bonds. The standard InChI is InChI=1S/C13H17NO5S2/c1-7-4-11(20-12(7)13(16)17)21(18,19)14-5-8-2-3-10(15)9(8)6-14/h4,8-10,15H,2-3,5-6H2,1H3,(H,16,17). The van der Waals surface area contributed by atoms with Gasteiger partial charge < -0.3 is 10.2 Å². The number of thiophene rings is 1. The number of carboxylic acids is 1. The Morgan fingerprint density at radius 2 is 2.10 bits per heavy atom. The molecule has 6 nitrogen and oxygen atoms in total. The number of aryl methyl sites for hydroxylation is 1. The molecular weight excluding hydrogens is 314 g/mol. The predicted molar refractivity (Wildman–Crippen MR) is 77.0 cm³/mol. The van der Waals surface area contributed by atoms with Gasteiger partial charge in [-0.3, -0.25) is 0 Å². The molecule has 1 saturated heterocycles. The van der Waals surface area contributed by atoms with Crippen LogP contribution in [0.4, 0.5) is 0 Å². The van der Waals surface area contributed by atoms with Gasteiger partial charge in [-0.15, -0.1) is 11.3 Å². The Morgan fingerprint density at radius 3 is 2.67 bits per heavy atom. The maximum absolute atomic E-state index is 12.6. The number of fused-ring (bicyclic) bond motifs is 1. The lowest BCUT2D eigenvalue weighted by Crippen LogP contribution is -2.30. The van der Waals surface area contributed by atoms with Crippen LogP contribution in [0.5, 0.6) is 0 Å². The van der Waals surface area contributed by atoms with Gasteiger partial charge in [0.2, 0.25) is 0 Å². The van der Waals surface area contributed by atoms with Crippen molar-refractivity contribution in [2.45, 2.75) is 30.1 Å². The zero-order valence-corrected chi connectivity index (χ0v) is 13.2. The highest BCUT2D eigenvalue weighted by molar-refractivity contribution is 7.91. The molecule has 8 heteroatoms. The lowest BCUT2D eigenvalue weighted by molar-refractivity contribution is 0.0701. The SMILES string of the molecule is Cc1cc(S(=O)(=O)N2CC3CCC(O)C3C2)sc1C(=O)O. The zero-order valence-electron chi connectivity index (χ0n) is 11.5. The number of aromatic carboxylic acids is 1. The monoisotopic (exact) mass is 331 g/mol. The molecule has 1 aromatic heterocycles. The molecule has 0 aromatic carbocycles. The molecule has 0 bridgehead atoms. The summed E-state index contributed by atoms with van der Waals surface area (Å²) in [6, 6.07) is 1.42. The molecule has 2 aliphatic rings. The van der Waals surface area contributed by atoms with E-state index in [4.69, 9.17) is 5.11 Å². The van der Waals surface area contributed by atoms with Crippen LogP contribution in [-0.4, -0.2) is 48.1 Å². The van der Waals surface area contributed by atoms with Gasteiger partial charge in [-0.25, -0.2) is 13.2 Å². The third-order valence-corrected chi connectivity index (χ3v) is 7.98.